The van der Waals surface area contributed by atoms with Crippen molar-refractivity contribution in [3.8, 4) is 0 Å². The molecule has 0 bridgehead atoms. The smallest absolute Gasteiger partial charge is 0.256 e. The molecule has 1 heterocycles. The summed E-state index contributed by atoms with van der Waals surface area (Å²) in [5.74, 6) is 0.412. The van der Waals surface area contributed by atoms with Crippen LogP contribution >= 0.6 is 11.3 Å². The van der Waals surface area contributed by atoms with Gasteiger partial charge < -0.3 is 11.1 Å². The van der Waals surface area contributed by atoms with Gasteiger partial charge in [-0.25, -0.2) is 0 Å². The Labute approximate surface area is 158 Å². The SMILES string of the molecule is CC[C@@H]1CCc2c(sc(NC(=O)c3ccc(C(C)C)cc3)c2C(N)=O)C1. The number of benzene rings is 1. The van der Waals surface area contributed by atoms with Crippen LogP contribution in [0.25, 0.3) is 0 Å². The monoisotopic (exact) mass is 370 g/mol. The van der Waals surface area contributed by atoms with Crippen LogP contribution in [0.1, 0.15) is 76.3 Å². The van der Waals surface area contributed by atoms with Gasteiger partial charge in [0.25, 0.3) is 11.8 Å². The van der Waals surface area contributed by atoms with Crippen molar-refractivity contribution in [2.24, 2.45) is 11.7 Å². The van der Waals surface area contributed by atoms with E-state index >= 15 is 0 Å². The second-order valence-corrected chi connectivity index (χ2v) is 8.43. The van der Waals surface area contributed by atoms with Crippen LogP contribution in [0.2, 0.25) is 0 Å². The molecule has 0 spiro atoms. The summed E-state index contributed by atoms with van der Waals surface area (Å²) < 4.78 is 0. The Bertz CT molecular complexity index is 821. The first-order valence-corrected chi connectivity index (χ1v) is 10.1. The van der Waals surface area contributed by atoms with Crippen LogP contribution < -0.4 is 11.1 Å². The van der Waals surface area contributed by atoms with Crippen LogP contribution in [0.5, 0.6) is 0 Å². The molecule has 2 amide bonds. The number of rotatable bonds is 5. The zero-order valence-electron chi connectivity index (χ0n) is 15.6. The summed E-state index contributed by atoms with van der Waals surface area (Å²) in [5.41, 5.74) is 8.96. The lowest BCUT2D eigenvalue weighted by atomic mass is 9.85. The third-order valence-corrected chi connectivity index (χ3v) is 6.43. The fraction of sp³-hybridized carbons (Fsp3) is 0.429. The summed E-state index contributed by atoms with van der Waals surface area (Å²) in [4.78, 5) is 25.9. The fourth-order valence-electron chi connectivity index (χ4n) is 3.55. The molecule has 0 fully saturated rings. The van der Waals surface area contributed by atoms with Crippen molar-refractivity contribution in [3.63, 3.8) is 0 Å². The predicted molar refractivity (Wildman–Crippen MR) is 107 cm³/mol. The van der Waals surface area contributed by atoms with E-state index in [4.69, 9.17) is 5.73 Å². The normalized spacial score (nSPS) is 16.4. The van der Waals surface area contributed by atoms with E-state index in [0.717, 1.165) is 31.2 Å². The molecule has 3 N–H and O–H groups in total. The van der Waals surface area contributed by atoms with Crippen molar-refractivity contribution < 1.29 is 9.59 Å². The highest BCUT2D eigenvalue weighted by atomic mass is 32.1. The van der Waals surface area contributed by atoms with Gasteiger partial charge in [0.05, 0.1) is 5.56 Å². The summed E-state index contributed by atoms with van der Waals surface area (Å²) in [6.07, 6.45) is 4.04. The lowest BCUT2D eigenvalue weighted by molar-refractivity contribution is 0.1000. The number of primary amides is 1. The Morgan fingerprint density at radius 3 is 2.54 bits per heavy atom. The topological polar surface area (TPSA) is 72.2 Å². The average Bonchev–Trinajstić information content (AvgIpc) is 2.98. The summed E-state index contributed by atoms with van der Waals surface area (Å²) >= 11 is 1.51. The minimum absolute atomic E-state index is 0.201. The molecule has 1 aromatic carbocycles. The Balaban J connectivity index is 1.86. The summed E-state index contributed by atoms with van der Waals surface area (Å²) in [6, 6.07) is 7.60. The van der Waals surface area contributed by atoms with Crippen molar-refractivity contribution in [3.05, 3.63) is 51.4 Å². The molecule has 138 valence electrons. The number of hydrogen-bond acceptors (Lipinski definition) is 3. The minimum atomic E-state index is -0.456. The van der Waals surface area contributed by atoms with E-state index in [1.54, 1.807) is 0 Å². The highest BCUT2D eigenvalue weighted by Gasteiger charge is 2.28. The van der Waals surface area contributed by atoms with Gasteiger partial charge in [0.1, 0.15) is 5.00 Å². The predicted octanol–water partition coefficient (Wildman–Crippen LogP) is 4.74. The summed E-state index contributed by atoms with van der Waals surface area (Å²) in [7, 11) is 0. The number of hydrogen-bond donors (Lipinski definition) is 2. The zero-order chi connectivity index (χ0) is 18.8. The Morgan fingerprint density at radius 1 is 1.27 bits per heavy atom. The first-order chi connectivity index (χ1) is 12.4. The number of carbonyl (C=O) groups excluding carboxylic acids is 2. The van der Waals surface area contributed by atoms with Crippen LogP contribution in [0.4, 0.5) is 5.00 Å². The molecule has 4 nitrogen and oxygen atoms in total. The second-order valence-electron chi connectivity index (χ2n) is 7.32. The van der Waals surface area contributed by atoms with Crippen molar-refractivity contribution in [2.45, 2.75) is 52.4 Å². The molecule has 0 aliphatic heterocycles. The molecular formula is C21H26N2O2S. The molecule has 1 aliphatic carbocycles. The van der Waals surface area contributed by atoms with E-state index in [1.807, 2.05) is 24.3 Å². The van der Waals surface area contributed by atoms with Gasteiger partial charge >= 0.3 is 0 Å². The van der Waals surface area contributed by atoms with E-state index in [0.29, 0.717) is 28.0 Å². The second kappa shape index (κ2) is 7.62. The van der Waals surface area contributed by atoms with E-state index in [2.05, 4.69) is 26.1 Å². The van der Waals surface area contributed by atoms with Gasteiger partial charge in [-0.2, -0.15) is 0 Å². The lowest BCUT2D eigenvalue weighted by Crippen LogP contribution is -2.19. The number of anilines is 1. The standard InChI is InChI=1S/C21H26N2O2S/c1-4-13-5-10-16-17(11-13)26-21(18(16)19(22)24)23-20(25)15-8-6-14(7-9-15)12(2)3/h6-9,12-13H,4-5,10-11H2,1-3H3,(H2,22,24)(H,23,25)/t13-/m1/s1. The van der Waals surface area contributed by atoms with Gasteiger partial charge in [0.15, 0.2) is 0 Å². The highest BCUT2D eigenvalue weighted by molar-refractivity contribution is 7.17. The molecule has 1 aromatic heterocycles. The molecule has 0 radical (unpaired) electrons. The molecule has 5 heteroatoms. The van der Waals surface area contributed by atoms with Gasteiger partial charge in [0, 0.05) is 10.4 Å². The van der Waals surface area contributed by atoms with Crippen LogP contribution in [0, 0.1) is 5.92 Å². The number of carbonyl (C=O) groups is 2. The quantitative estimate of drug-likeness (QED) is 0.798. The van der Waals surface area contributed by atoms with Gasteiger partial charge in [-0.15, -0.1) is 11.3 Å². The lowest BCUT2D eigenvalue weighted by Gasteiger charge is -2.20. The Hall–Kier alpha value is -2.14. The average molecular weight is 371 g/mol. The third kappa shape index (κ3) is 3.68. The molecule has 1 atom stereocenters. The summed E-state index contributed by atoms with van der Waals surface area (Å²) in [5, 5.41) is 3.52. The maximum Gasteiger partial charge on any atom is 0.256 e. The fourth-order valence-corrected chi connectivity index (χ4v) is 4.91. The molecule has 0 saturated heterocycles. The molecule has 0 saturated carbocycles. The Kier molecular flexibility index (Phi) is 5.47. The highest BCUT2D eigenvalue weighted by Crippen LogP contribution is 2.40. The molecule has 3 rings (SSSR count). The van der Waals surface area contributed by atoms with Crippen LogP contribution in [-0.2, 0) is 12.8 Å². The van der Waals surface area contributed by atoms with E-state index in [1.165, 1.54) is 21.8 Å². The number of nitrogens with one attached hydrogen (secondary N) is 1. The number of nitrogens with two attached hydrogens (primary N) is 1. The van der Waals surface area contributed by atoms with Gasteiger partial charge in [-0.1, -0.05) is 39.3 Å². The van der Waals surface area contributed by atoms with E-state index < -0.39 is 5.91 Å². The van der Waals surface area contributed by atoms with E-state index in [-0.39, 0.29) is 5.91 Å². The first kappa shape index (κ1) is 18.6. The van der Waals surface area contributed by atoms with Gasteiger partial charge in [-0.3, -0.25) is 9.59 Å². The number of amides is 2. The van der Waals surface area contributed by atoms with Crippen molar-refractivity contribution >= 4 is 28.2 Å². The molecule has 2 aromatic rings. The summed E-state index contributed by atoms with van der Waals surface area (Å²) in [6.45, 7) is 6.43. The maximum atomic E-state index is 12.6. The first-order valence-electron chi connectivity index (χ1n) is 9.26. The van der Waals surface area contributed by atoms with Crippen molar-refractivity contribution in [1.82, 2.24) is 0 Å². The maximum absolute atomic E-state index is 12.6. The number of fused-ring (bicyclic) bond motifs is 1. The number of thiophene rings is 1. The van der Waals surface area contributed by atoms with Gasteiger partial charge in [-0.05, 0) is 54.4 Å². The minimum Gasteiger partial charge on any atom is -0.365 e. The molecule has 0 unspecified atom stereocenters. The van der Waals surface area contributed by atoms with Gasteiger partial charge in [0.2, 0.25) is 0 Å². The zero-order valence-corrected chi connectivity index (χ0v) is 16.4. The Morgan fingerprint density at radius 2 is 1.96 bits per heavy atom. The molecule has 1 aliphatic rings. The van der Waals surface area contributed by atoms with Crippen LogP contribution in [0.15, 0.2) is 24.3 Å². The van der Waals surface area contributed by atoms with E-state index in [9.17, 15) is 9.59 Å². The third-order valence-electron chi connectivity index (χ3n) is 5.26. The molecule has 26 heavy (non-hydrogen) atoms. The largest absolute Gasteiger partial charge is 0.365 e. The van der Waals surface area contributed by atoms with Crippen molar-refractivity contribution in [1.29, 1.82) is 0 Å². The molecular weight excluding hydrogens is 344 g/mol. The van der Waals surface area contributed by atoms with Crippen LogP contribution in [-0.4, -0.2) is 11.8 Å². The van der Waals surface area contributed by atoms with Crippen LogP contribution in [0.3, 0.4) is 0 Å². The van der Waals surface area contributed by atoms with Crippen molar-refractivity contribution in [2.75, 3.05) is 5.32 Å².